The molecule has 2 aromatic rings. The van der Waals surface area contributed by atoms with Gasteiger partial charge in [0.05, 0.1) is 17.2 Å². The van der Waals surface area contributed by atoms with Crippen molar-refractivity contribution in [2.75, 3.05) is 11.4 Å². The molecule has 0 amide bonds. The van der Waals surface area contributed by atoms with Crippen molar-refractivity contribution in [3.8, 4) is 0 Å². The lowest BCUT2D eigenvalue weighted by Crippen LogP contribution is -2.28. The van der Waals surface area contributed by atoms with E-state index in [9.17, 15) is 13.5 Å². The van der Waals surface area contributed by atoms with Crippen molar-refractivity contribution in [2.45, 2.75) is 25.3 Å². The zero-order valence-electron chi connectivity index (χ0n) is 12.4. The highest BCUT2D eigenvalue weighted by Gasteiger charge is 2.24. The molecule has 0 aliphatic heterocycles. The number of rotatable bonds is 4. The molecule has 0 radical (unpaired) electrons. The van der Waals surface area contributed by atoms with E-state index in [1.54, 1.807) is 38.2 Å². The summed E-state index contributed by atoms with van der Waals surface area (Å²) in [6, 6.07) is 12.3. The van der Waals surface area contributed by atoms with Gasteiger partial charge in [-0.3, -0.25) is 4.31 Å². The zero-order valence-corrected chi connectivity index (χ0v) is 13.2. The van der Waals surface area contributed by atoms with Crippen molar-refractivity contribution >= 4 is 15.7 Å². The number of aliphatic hydroxyl groups excluding tert-OH is 1. The van der Waals surface area contributed by atoms with Crippen molar-refractivity contribution in [1.82, 2.24) is 0 Å². The van der Waals surface area contributed by atoms with Gasteiger partial charge in [0, 0.05) is 7.05 Å². The Morgan fingerprint density at radius 1 is 1.05 bits per heavy atom. The molecular weight excluding hydrogens is 286 g/mol. The van der Waals surface area contributed by atoms with E-state index >= 15 is 0 Å². The molecule has 5 heteroatoms. The molecule has 0 spiro atoms. The minimum atomic E-state index is -3.66. The van der Waals surface area contributed by atoms with Crippen LogP contribution in [0.4, 0.5) is 5.69 Å². The lowest BCUT2D eigenvalue weighted by molar-refractivity contribution is 0.280. The number of aliphatic hydroxyl groups is 1. The van der Waals surface area contributed by atoms with Crippen LogP contribution < -0.4 is 4.31 Å². The Balaban J connectivity index is 2.55. The van der Waals surface area contributed by atoms with Crippen molar-refractivity contribution in [3.05, 3.63) is 59.2 Å². The van der Waals surface area contributed by atoms with E-state index in [4.69, 9.17) is 0 Å². The van der Waals surface area contributed by atoms with Gasteiger partial charge in [-0.25, -0.2) is 8.42 Å². The summed E-state index contributed by atoms with van der Waals surface area (Å²) in [6.07, 6.45) is 0. The molecule has 112 valence electrons. The molecule has 0 aliphatic carbocycles. The van der Waals surface area contributed by atoms with Crippen molar-refractivity contribution in [3.63, 3.8) is 0 Å². The van der Waals surface area contributed by atoms with Gasteiger partial charge in [0.15, 0.2) is 0 Å². The summed E-state index contributed by atoms with van der Waals surface area (Å²) < 4.78 is 26.9. The summed E-state index contributed by atoms with van der Waals surface area (Å²) in [5, 5.41) is 9.30. The number of hydrogen-bond donors (Lipinski definition) is 1. The molecular formula is C16H19NO3S. The molecule has 0 saturated heterocycles. The highest BCUT2D eigenvalue weighted by atomic mass is 32.2. The Morgan fingerprint density at radius 2 is 1.71 bits per heavy atom. The van der Waals surface area contributed by atoms with Crippen molar-refractivity contribution in [2.24, 2.45) is 0 Å². The first-order valence-corrected chi connectivity index (χ1v) is 8.07. The summed E-state index contributed by atoms with van der Waals surface area (Å²) in [5.74, 6) is 0. The predicted molar refractivity (Wildman–Crippen MR) is 83.9 cm³/mol. The molecule has 2 aromatic carbocycles. The van der Waals surface area contributed by atoms with Gasteiger partial charge in [-0.1, -0.05) is 30.3 Å². The van der Waals surface area contributed by atoms with Gasteiger partial charge in [0.25, 0.3) is 10.0 Å². The minimum Gasteiger partial charge on any atom is -0.392 e. The average molecular weight is 305 g/mol. The van der Waals surface area contributed by atoms with Crippen LogP contribution in [-0.2, 0) is 16.6 Å². The third-order valence-corrected chi connectivity index (χ3v) is 5.58. The van der Waals surface area contributed by atoms with E-state index < -0.39 is 10.0 Å². The molecule has 0 aromatic heterocycles. The molecule has 0 heterocycles. The van der Waals surface area contributed by atoms with Crippen molar-refractivity contribution < 1.29 is 13.5 Å². The predicted octanol–water partition coefficient (Wildman–Crippen LogP) is 2.62. The highest BCUT2D eigenvalue weighted by molar-refractivity contribution is 7.92. The van der Waals surface area contributed by atoms with E-state index in [0.717, 1.165) is 5.56 Å². The number of aryl methyl sites for hydroxylation is 1. The average Bonchev–Trinajstić information content (AvgIpc) is 2.47. The molecule has 0 aliphatic rings. The molecule has 0 atom stereocenters. The summed E-state index contributed by atoms with van der Waals surface area (Å²) in [4.78, 5) is 0.222. The fourth-order valence-electron chi connectivity index (χ4n) is 2.30. The fraction of sp³-hybridized carbons (Fsp3) is 0.250. The van der Waals surface area contributed by atoms with Gasteiger partial charge in [-0.15, -0.1) is 0 Å². The maximum Gasteiger partial charge on any atom is 0.264 e. The first kappa shape index (κ1) is 15.5. The third-order valence-electron chi connectivity index (χ3n) is 3.66. The van der Waals surface area contributed by atoms with Crippen molar-refractivity contribution in [1.29, 1.82) is 0 Å². The van der Waals surface area contributed by atoms with Gasteiger partial charge >= 0.3 is 0 Å². The maximum atomic E-state index is 12.8. The molecule has 0 unspecified atom stereocenters. The van der Waals surface area contributed by atoms with Crippen LogP contribution in [0.2, 0.25) is 0 Å². The topological polar surface area (TPSA) is 57.6 Å². The van der Waals surface area contributed by atoms with Crippen LogP contribution in [-0.4, -0.2) is 20.6 Å². The highest BCUT2D eigenvalue weighted by Crippen LogP contribution is 2.27. The second kappa shape index (κ2) is 5.87. The first-order chi connectivity index (χ1) is 9.89. The van der Waals surface area contributed by atoms with E-state index in [0.29, 0.717) is 16.8 Å². The molecule has 4 nitrogen and oxygen atoms in total. The maximum absolute atomic E-state index is 12.8. The molecule has 21 heavy (non-hydrogen) atoms. The van der Waals surface area contributed by atoms with E-state index in [1.807, 2.05) is 25.1 Å². The first-order valence-electron chi connectivity index (χ1n) is 6.63. The van der Waals surface area contributed by atoms with Gasteiger partial charge in [-0.05, 0) is 42.7 Å². The second-order valence-corrected chi connectivity index (χ2v) is 6.90. The largest absolute Gasteiger partial charge is 0.392 e. The van der Waals surface area contributed by atoms with Crippen LogP contribution in [0.3, 0.4) is 0 Å². The smallest absolute Gasteiger partial charge is 0.264 e. The minimum absolute atomic E-state index is 0.177. The summed E-state index contributed by atoms with van der Waals surface area (Å²) in [7, 11) is -2.11. The van der Waals surface area contributed by atoms with Crippen LogP contribution in [0.5, 0.6) is 0 Å². The normalized spacial score (nSPS) is 11.4. The summed E-state index contributed by atoms with van der Waals surface area (Å²) >= 11 is 0. The Morgan fingerprint density at radius 3 is 2.33 bits per heavy atom. The number of anilines is 1. The SMILES string of the molecule is Cc1ccccc1N(C)S(=O)(=O)c1cccc(CO)c1C. The number of sulfonamides is 1. The van der Waals surface area contributed by atoms with Gasteiger partial charge in [0.1, 0.15) is 0 Å². The lowest BCUT2D eigenvalue weighted by Gasteiger charge is -2.23. The zero-order chi connectivity index (χ0) is 15.6. The number of nitrogens with zero attached hydrogens (tertiary/aromatic N) is 1. The van der Waals surface area contributed by atoms with Gasteiger partial charge in [-0.2, -0.15) is 0 Å². The second-order valence-electron chi connectivity index (χ2n) is 4.96. The summed E-state index contributed by atoms with van der Waals surface area (Å²) in [5.41, 5.74) is 2.74. The van der Waals surface area contributed by atoms with Crippen LogP contribution >= 0.6 is 0 Å². The lowest BCUT2D eigenvalue weighted by atomic mass is 10.1. The Labute approximate surface area is 125 Å². The molecule has 0 bridgehead atoms. The van der Waals surface area contributed by atoms with Crippen LogP contribution in [0, 0.1) is 13.8 Å². The fourth-order valence-corrected chi connectivity index (χ4v) is 3.83. The van der Waals surface area contributed by atoms with Crippen LogP contribution in [0.25, 0.3) is 0 Å². The molecule has 2 rings (SSSR count). The van der Waals surface area contributed by atoms with E-state index in [-0.39, 0.29) is 11.5 Å². The number of benzene rings is 2. The van der Waals surface area contributed by atoms with E-state index in [1.165, 1.54) is 4.31 Å². The Bertz CT molecular complexity index is 754. The van der Waals surface area contributed by atoms with Gasteiger partial charge < -0.3 is 5.11 Å². The van der Waals surface area contributed by atoms with Crippen LogP contribution in [0.15, 0.2) is 47.4 Å². The quantitative estimate of drug-likeness (QED) is 0.944. The Hall–Kier alpha value is -1.85. The summed E-state index contributed by atoms with van der Waals surface area (Å²) in [6.45, 7) is 3.41. The number of hydrogen-bond acceptors (Lipinski definition) is 3. The molecule has 0 saturated carbocycles. The standard InChI is InChI=1S/C16H19NO3S/c1-12-7-4-5-9-15(12)17(3)21(19,20)16-10-6-8-14(11-18)13(16)2/h4-10,18H,11H2,1-3H3. The third kappa shape index (κ3) is 2.80. The monoisotopic (exact) mass is 305 g/mol. The molecule has 0 fully saturated rings. The Kier molecular flexibility index (Phi) is 4.34. The van der Waals surface area contributed by atoms with Gasteiger partial charge in [0.2, 0.25) is 0 Å². The van der Waals surface area contributed by atoms with Crippen LogP contribution in [0.1, 0.15) is 16.7 Å². The molecule has 1 N–H and O–H groups in total. The number of para-hydroxylation sites is 1. The van der Waals surface area contributed by atoms with E-state index in [2.05, 4.69) is 0 Å².